The highest BCUT2D eigenvalue weighted by Gasteiger charge is 2.41. The van der Waals surface area contributed by atoms with E-state index in [1.54, 1.807) is 6.92 Å². The van der Waals surface area contributed by atoms with E-state index in [1.807, 2.05) is 0 Å². The number of pyridine rings is 1. The van der Waals surface area contributed by atoms with E-state index in [4.69, 9.17) is 4.65 Å². The fraction of sp³-hybridized carbons (Fsp3) is 0.304. The number of benzene rings is 1. The van der Waals surface area contributed by atoms with Crippen molar-refractivity contribution in [2.24, 2.45) is 0 Å². The number of fused-ring (bicyclic) bond motifs is 1. The van der Waals surface area contributed by atoms with E-state index in [9.17, 15) is 49.3 Å². The number of carboxylic acids is 1. The maximum absolute atomic E-state index is 13.4. The van der Waals surface area contributed by atoms with Gasteiger partial charge in [-0.05, 0) is 25.0 Å². The highest BCUT2D eigenvalue weighted by molar-refractivity contribution is 6.47. The van der Waals surface area contributed by atoms with Gasteiger partial charge in [-0.2, -0.15) is 0 Å². The highest BCUT2D eigenvalue weighted by atomic mass is 16.6. The molecule has 2 aliphatic heterocycles. The molecule has 1 unspecified atom stereocenters. The second kappa shape index (κ2) is 11.5. The summed E-state index contributed by atoms with van der Waals surface area (Å²) in [5.41, 5.74) is -1.11. The van der Waals surface area contributed by atoms with Crippen molar-refractivity contribution in [1.29, 1.82) is 0 Å². The molecule has 0 bridgehead atoms. The monoisotopic (exact) mass is 570 g/mol. The molecule has 1 aromatic heterocycles. The van der Waals surface area contributed by atoms with Gasteiger partial charge in [0.05, 0.1) is 28.3 Å². The molecule has 1 aromatic carbocycles. The van der Waals surface area contributed by atoms with E-state index >= 15 is 0 Å². The van der Waals surface area contributed by atoms with Gasteiger partial charge >= 0.3 is 36.6 Å². The Morgan fingerprint density at radius 3 is 2.66 bits per heavy atom. The number of likely N-dealkylation sites (N-methyl/N-ethyl adjacent to an activating group) is 1. The van der Waals surface area contributed by atoms with Gasteiger partial charge in [-0.25, -0.2) is 9.59 Å². The highest BCUT2D eigenvalue weighted by Crippen LogP contribution is 2.31. The molecule has 5 amide bonds. The van der Waals surface area contributed by atoms with Crippen molar-refractivity contribution in [3.63, 3.8) is 0 Å². The summed E-state index contributed by atoms with van der Waals surface area (Å²) in [7, 11) is -1.73. The molecule has 5 N–H and O–H groups in total. The number of nitrogens with zero attached hydrogens (tertiary/aromatic N) is 4. The van der Waals surface area contributed by atoms with E-state index in [1.165, 1.54) is 23.1 Å². The van der Waals surface area contributed by atoms with Crippen molar-refractivity contribution < 1.29 is 48.8 Å². The third kappa shape index (κ3) is 5.71. The Morgan fingerprint density at radius 2 is 2.00 bits per heavy atom. The van der Waals surface area contributed by atoms with Crippen LogP contribution in [0.25, 0.3) is 0 Å². The molecule has 18 heteroatoms. The van der Waals surface area contributed by atoms with Crippen molar-refractivity contribution >= 4 is 42.5 Å². The summed E-state index contributed by atoms with van der Waals surface area (Å²) in [5.74, 6) is -6.52. The van der Waals surface area contributed by atoms with Crippen molar-refractivity contribution in [3.8, 4) is 11.5 Å². The molecule has 4 rings (SSSR count). The third-order valence-electron chi connectivity index (χ3n) is 6.52. The number of hydrogen-bond acceptors (Lipinski definition) is 11. The van der Waals surface area contributed by atoms with Crippen LogP contribution in [0.15, 0.2) is 30.5 Å². The zero-order chi connectivity index (χ0) is 30.0. The van der Waals surface area contributed by atoms with E-state index < -0.39 is 70.9 Å². The summed E-state index contributed by atoms with van der Waals surface area (Å²) >= 11 is 0. The van der Waals surface area contributed by atoms with Crippen LogP contribution in [0.2, 0.25) is 0 Å². The number of rotatable bonds is 7. The number of nitrogens with one attached hydrogen (secondary N) is 2. The summed E-state index contributed by atoms with van der Waals surface area (Å²) in [6.07, 6.45) is 0.593. The smallest absolute Gasteiger partial charge is 0.534 e. The molecule has 17 nitrogen and oxygen atoms in total. The van der Waals surface area contributed by atoms with E-state index in [2.05, 4.69) is 15.6 Å². The van der Waals surface area contributed by atoms with Crippen LogP contribution < -0.4 is 15.3 Å². The number of aromatic hydroxyl groups is 1. The molecule has 0 aliphatic carbocycles. The predicted octanol–water partition coefficient (Wildman–Crippen LogP) is -1.03. The average molecular weight is 570 g/mol. The van der Waals surface area contributed by atoms with Gasteiger partial charge in [0.2, 0.25) is 11.7 Å². The predicted molar refractivity (Wildman–Crippen MR) is 135 cm³/mol. The Morgan fingerprint density at radius 1 is 1.27 bits per heavy atom. The molecule has 0 spiro atoms. The minimum Gasteiger partial charge on any atom is -0.534 e. The molecule has 41 heavy (non-hydrogen) atoms. The molecular weight excluding hydrogens is 547 g/mol. The maximum atomic E-state index is 13.4. The Kier molecular flexibility index (Phi) is 8.04. The summed E-state index contributed by atoms with van der Waals surface area (Å²) in [5, 5.41) is 45.7. The van der Waals surface area contributed by atoms with E-state index in [0.717, 1.165) is 6.07 Å². The average Bonchev–Trinajstić information content (AvgIpc) is 2.93. The first-order valence-electron chi connectivity index (χ1n) is 12.2. The number of urea groups is 1. The summed E-state index contributed by atoms with van der Waals surface area (Å²) in [4.78, 5) is 78.8. The Hall–Kier alpha value is -5.26. The fourth-order valence-electron chi connectivity index (χ4n) is 4.38. The van der Waals surface area contributed by atoms with Crippen LogP contribution in [0.5, 0.6) is 11.5 Å². The summed E-state index contributed by atoms with van der Waals surface area (Å²) in [6, 6.07) is 2.00. The second-order valence-corrected chi connectivity index (χ2v) is 9.01. The molecule has 3 heterocycles. The summed E-state index contributed by atoms with van der Waals surface area (Å²) in [6.45, 7) is 1.72. The lowest BCUT2D eigenvalue weighted by Gasteiger charge is -2.33. The molecule has 2 aliphatic rings. The number of para-hydroxylation sites is 1. The van der Waals surface area contributed by atoms with Gasteiger partial charge in [0.15, 0.2) is 6.04 Å². The largest absolute Gasteiger partial charge is 0.547 e. The Bertz CT molecular complexity index is 1450. The van der Waals surface area contributed by atoms with Gasteiger partial charge in [0.25, 0.3) is 0 Å². The van der Waals surface area contributed by atoms with Crippen LogP contribution in [0.3, 0.4) is 0 Å². The second-order valence-electron chi connectivity index (χ2n) is 9.01. The number of nitro groups is 1. The van der Waals surface area contributed by atoms with Gasteiger partial charge in [0.1, 0.15) is 5.75 Å². The minimum absolute atomic E-state index is 0.0393. The number of carbonyl (C=O) groups is 5. The van der Waals surface area contributed by atoms with Crippen LogP contribution in [-0.2, 0) is 20.8 Å². The number of aromatic nitrogens is 1. The molecule has 0 radical (unpaired) electrons. The lowest BCUT2D eigenvalue weighted by atomic mass is 9.72. The number of imide groups is 1. The lowest BCUT2D eigenvalue weighted by molar-refractivity contribution is -0.386. The fourth-order valence-corrected chi connectivity index (χ4v) is 4.38. The van der Waals surface area contributed by atoms with E-state index in [0.29, 0.717) is 16.7 Å². The summed E-state index contributed by atoms with van der Waals surface area (Å²) < 4.78 is 5.35. The van der Waals surface area contributed by atoms with Crippen LogP contribution in [0.4, 0.5) is 10.5 Å². The zero-order valence-electron chi connectivity index (χ0n) is 21.3. The third-order valence-corrected chi connectivity index (χ3v) is 6.52. The van der Waals surface area contributed by atoms with Crippen molar-refractivity contribution in [1.82, 2.24) is 25.4 Å². The zero-order valence-corrected chi connectivity index (χ0v) is 21.3. The topological polar surface area (TPSA) is 242 Å². The normalized spacial score (nSPS) is 17.3. The first kappa shape index (κ1) is 28.7. The number of carbonyl (C=O) groups excluding carboxylic acids is 4. The van der Waals surface area contributed by atoms with Gasteiger partial charge in [0, 0.05) is 25.7 Å². The number of aromatic carboxylic acids is 1. The molecule has 2 aromatic rings. The number of piperazine rings is 1. The molecule has 214 valence electrons. The first-order chi connectivity index (χ1) is 19.4. The Balaban J connectivity index is 1.62. The number of hydrogen-bond donors (Lipinski definition) is 5. The van der Waals surface area contributed by atoms with Gasteiger partial charge in [-0.1, -0.05) is 12.1 Å². The first-order valence-corrected chi connectivity index (χ1v) is 12.2. The van der Waals surface area contributed by atoms with E-state index in [-0.39, 0.29) is 37.4 Å². The molecular formula is C23H23BN6O11. The minimum atomic E-state index is -1.81. The molecule has 1 fully saturated rings. The maximum Gasteiger partial charge on any atom is 0.547 e. The number of amides is 5. The van der Waals surface area contributed by atoms with Crippen LogP contribution >= 0.6 is 0 Å². The Labute approximate surface area is 231 Å². The molecule has 0 saturated carbocycles. The van der Waals surface area contributed by atoms with Gasteiger partial charge in [-0.15, -0.1) is 0 Å². The lowest BCUT2D eigenvalue weighted by Crippen LogP contribution is -2.60. The van der Waals surface area contributed by atoms with Crippen molar-refractivity contribution in [2.75, 3.05) is 19.6 Å². The van der Waals surface area contributed by atoms with Crippen LogP contribution in [0.1, 0.15) is 34.6 Å². The van der Waals surface area contributed by atoms with Gasteiger partial charge < -0.3 is 35.4 Å². The van der Waals surface area contributed by atoms with Crippen molar-refractivity contribution in [2.45, 2.75) is 25.3 Å². The number of carboxylic acid groups (broad SMARTS) is 1. The van der Waals surface area contributed by atoms with Crippen molar-refractivity contribution in [3.05, 3.63) is 57.4 Å². The SMILES string of the molecule is CCN1CCN(C(=O)NC(C(=O)N[C@H]2Cc3cccc(C(=O)O)c3OB2O)c2cc([N+](=O)[O-])c(O)cn2)C(=O)C1=O. The molecule has 1 saturated heterocycles. The molecule has 2 atom stereocenters. The standard InChI is InChI=1S/C23H23BN6O11/c1-2-28-6-7-29(21(34)20(28)33)23(37)27-17(13-9-14(30(39)40)15(31)10-25-13)19(32)26-16-8-11-4-3-5-12(22(35)36)18(11)41-24(16)38/h3-5,9-10,16-17,31,38H,2,6-8H2,1H3,(H,26,32)(H,27,37)(H,35,36)/t16-,17?/m0/s1. The van der Waals surface area contributed by atoms with Crippen LogP contribution in [-0.4, -0.2) is 97.4 Å². The van der Waals surface area contributed by atoms with Gasteiger partial charge in [-0.3, -0.25) is 34.4 Å². The van der Waals surface area contributed by atoms with Crippen LogP contribution in [0, 0.1) is 10.1 Å². The quantitative estimate of drug-likeness (QED) is 0.116.